The van der Waals surface area contributed by atoms with Crippen LogP contribution in [0.2, 0.25) is 25.7 Å². The molecule has 0 aliphatic heterocycles. The van der Waals surface area contributed by atoms with Crippen LogP contribution in [0.15, 0.2) is 0 Å². The van der Waals surface area contributed by atoms with Crippen LogP contribution >= 0.6 is 0 Å². The Kier molecular flexibility index (Phi) is 5.82. The maximum atomic E-state index is 5.36. The molecule has 0 saturated carbocycles. The van der Waals surface area contributed by atoms with E-state index in [2.05, 4.69) is 19.6 Å². The summed E-state index contributed by atoms with van der Waals surface area (Å²) in [5.74, 6) is 0. The van der Waals surface area contributed by atoms with E-state index in [1.165, 1.54) is 6.04 Å². The lowest BCUT2D eigenvalue weighted by molar-refractivity contribution is 0.0773. The highest BCUT2D eigenvalue weighted by atomic mass is 28.3. The molecule has 0 aromatic heterocycles. The quantitative estimate of drug-likeness (QED) is 0.455. The minimum absolute atomic E-state index is 0.714. The number of hydrogen-bond acceptors (Lipinski definition) is 2. The molecule has 0 atom stereocenters. The SMILES string of the molecule is COCCOCC[Si](C)(C)C. The Morgan fingerprint density at radius 1 is 1.00 bits per heavy atom. The van der Waals surface area contributed by atoms with Crippen molar-refractivity contribution in [2.45, 2.75) is 25.7 Å². The van der Waals surface area contributed by atoms with Crippen LogP contribution in [0.3, 0.4) is 0 Å². The summed E-state index contributed by atoms with van der Waals surface area (Å²) in [6.45, 7) is 9.41. The molecule has 3 heteroatoms. The van der Waals surface area contributed by atoms with E-state index in [0.29, 0.717) is 6.61 Å². The summed E-state index contributed by atoms with van der Waals surface area (Å²) in [7, 11) is 0.813. The second kappa shape index (κ2) is 5.74. The van der Waals surface area contributed by atoms with Crippen molar-refractivity contribution in [3.63, 3.8) is 0 Å². The highest BCUT2D eigenvalue weighted by Crippen LogP contribution is 2.07. The summed E-state index contributed by atoms with van der Waals surface area (Å²) < 4.78 is 10.2. The van der Waals surface area contributed by atoms with E-state index in [-0.39, 0.29) is 0 Å². The van der Waals surface area contributed by atoms with E-state index >= 15 is 0 Å². The predicted octanol–water partition coefficient (Wildman–Crippen LogP) is 1.99. The first kappa shape index (κ1) is 11.1. The predicted molar refractivity (Wildman–Crippen MR) is 50.8 cm³/mol. The normalized spacial score (nSPS) is 12.0. The van der Waals surface area contributed by atoms with Gasteiger partial charge in [0.1, 0.15) is 0 Å². The van der Waals surface area contributed by atoms with Crippen LogP contribution in [-0.2, 0) is 9.47 Å². The van der Waals surface area contributed by atoms with Crippen molar-refractivity contribution in [1.82, 2.24) is 0 Å². The lowest BCUT2D eigenvalue weighted by atomic mass is 10.7. The van der Waals surface area contributed by atoms with E-state index in [4.69, 9.17) is 9.47 Å². The van der Waals surface area contributed by atoms with Crippen molar-refractivity contribution in [2.75, 3.05) is 26.9 Å². The Morgan fingerprint density at radius 3 is 2.09 bits per heavy atom. The number of hydrogen-bond donors (Lipinski definition) is 0. The fourth-order valence-electron chi connectivity index (χ4n) is 0.623. The van der Waals surface area contributed by atoms with Gasteiger partial charge in [-0.25, -0.2) is 0 Å². The first-order chi connectivity index (χ1) is 5.06. The third-order valence-corrected chi connectivity index (χ3v) is 3.13. The topological polar surface area (TPSA) is 18.5 Å². The van der Waals surface area contributed by atoms with Crippen LogP contribution in [0.25, 0.3) is 0 Å². The summed E-state index contributed by atoms with van der Waals surface area (Å²) in [4.78, 5) is 0. The van der Waals surface area contributed by atoms with Crippen LogP contribution < -0.4 is 0 Å². The molecular weight excluding hydrogens is 156 g/mol. The Labute approximate surface area is 70.9 Å². The van der Waals surface area contributed by atoms with Crippen LogP contribution in [0.4, 0.5) is 0 Å². The second-order valence-corrected chi connectivity index (χ2v) is 9.54. The maximum absolute atomic E-state index is 5.36. The summed E-state index contributed by atoms with van der Waals surface area (Å²) in [6, 6.07) is 1.25. The van der Waals surface area contributed by atoms with Crippen LogP contribution in [0.1, 0.15) is 0 Å². The fraction of sp³-hybridized carbons (Fsp3) is 1.00. The van der Waals surface area contributed by atoms with Crippen LogP contribution in [-0.4, -0.2) is 35.0 Å². The van der Waals surface area contributed by atoms with Gasteiger partial charge in [-0.1, -0.05) is 19.6 Å². The highest BCUT2D eigenvalue weighted by Gasteiger charge is 2.11. The zero-order valence-corrected chi connectivity index (χ0v) is 9.14. The van der Waals surface area contributed by atoms with Gasteiger partial charge < -0.3 is 9.47 Å². The lowest BCUT2D eigenvalue weighted by Gasteiger charge is -2.14. The molecule has 0 aromatic rings. The van der Waals surface area contributed by atoms with E-state index in [1.807, 2.05) is 0 Å². The molecule has 0 saturated heterocycles. The lowest BCUT2D eigenvalue weighted by Crippen LogP contribution is -2.22. The molecule has 0 N–H and O–H groups in total. The molecule has 0 heterocycles. The maximum Gasteiger partial charge on any atom is 0.0700 e. The van der Waals surface area contributed by atoms with Crippen molar-refractivity contribution < 1.29 is 9.47 Å². The summed E-state index contributed by atoms with van der Waals surface area (Å²) in [6.07, 6.45) is 0. The summed E-state index contributed by atoms with van der Waals surface area (Å²) in [5.41, 5.74) is 0. The molecule has 11 heavy (non-hydrogen) atoms. The fourth-order valence-corrected chi connectivity index (χ4v) is 1.38. The second-order valence-electron chi connectivity index (χ2n) is 3.92. The van der Waals surface area contributed by atoms with Gasteiger partial charge in [0, 0.05) is 21.8 Å². The van der Waals surface area contributed by atoms with Gasteiger partial charge in [0.15, 0.2) is 0 Å². The van der Waals surface area contributed by atoms with Crippen molar-refractivity contribution in [3.8, 4) is 0 Å². The zero-order valence-electron chi connectivity index (χ0n) is 8.14. The smallest absolute Gasteiger partial charge is 0.0700 e. The van der Waals surface area contributed by atoms with Gasteiger partial charge in [0.05, 0.1) is 13.2 Å². The Hall–Kier alpha value is 0.137. The summed E-state index contributed by atoms with van der Waals surface area (Å²) >= 11 is 0. The Balaban J connectivity index is 3.02. The summed E-state index contributed by atoms with van der Waals surface area (Å²) in [5, 5.41) is 0. The van der Waals surface area contributed by atoms with Gasteiger partial charge in [-0.2, -0.15) is 0 Å². The Bertz CT molecular complexity index is 88.6. The van der Waals surface area contributed by atoms with E-state index in [0.717, 1.165) is 13.2 Å². The molecule has 0 unspecified atom stereocenters. The van der Waals surface area contributed by atoms with E-state index in [9.17, 15) is 0 Å². The van der Waals surface area contributed by atoms with Gasteiger partial charge in [0.25, 0.3) is 0 Å². The van der Waals surface area contributed by atoms with Crippen molar-refractivity contribution >= 4 is 8.07 Å². The van der Waals surface area contributed by atoms with Gasteiger partial charge in [-0.15, -0.1) is 0 Å². The van der Waals surface area contributed by atoms with Crippen molar-refractivity contribution in [3.05, 3.63) is 0 Å². The van der Waals surface area contributed by atoms with Gasteiger partial charge in [0.2, 0.25) is 0 Å². The average Bonchev–Trinajstić information content (AvgIpc) is 1.85. The van der Waals surface area contributed by atoms with E-state index in [1.54, 1.807) is 7.11 Å². The molecule has 0 amide bonds. The van der Waals surface area contributed by atoms with Gasteiger partial charge >= 0.3 is 0 Å². The average molecular weight is 176 g/mol. The third-order valence-electron chi connectivity index (χ3n) is 1.43. The molecule has 0 fully saturated rings. The Morgan fingerprint density at radius 2 is 1.64 bits per heavy atom. The monoisotopic (exact) mass is 176 g/mol. The molecule has 0 spiro atoms. The van der Waals surface area contributed by atoms with E-state index < -0.39 is 8.07 Å². The molecular formula is C8H20O2Si. The highest BCUT2D eigenvalue weighted by molar-refractivity contribution is 6.76. The molecule has 2 nitrogen and oxygen atoms in total. The first-order valence-electron chi connectivity index (χ1n) is 4.13. The standard InChI is InChI=1S/C8H20O2Si/c1-9-5-6-10-7-8-11(2,3)4/h5-8H2,1-4H3. The minimum Gasteiger partial charge on any atom is -0.382 e. The largest absolute Gasteiger partial charge is 0.382 e. The molecule has 0 aliphatic carbocycles. The van der Waals surface area contributed by atoms with Gasteiger partial charge in [-0.05, 0) is 6.04 Å². The molecule has 0 aromatic carbocycles. The number of ether oxygens (including phenoxy) is 2. The molecule has 68 valence electrons. The molecule has 0 radical (unpaired) electrons. The van der Waals surface area contributed by atoms with Crippen LogP contribution in [0.5, 0.6) is 0 Å². The molecule has 0 bridgehead atoms. The number of methoxy groups -OCH3 is 1. The van der Waals surface area contributed by atoms with Gasteiger partial charge in [-0.3, -0.25) is 0 Å². The van der Waals surface area contributed by atoms with Crippen molar-refractivity contribution in [1.29, 1.82) is 0 Å². The zero-order chi connectivity index (χ0) is 8.74. The molecule has 0 rings (SSSR count). The third kappa shape index (κ3) is 10.1. The van der Waals surface area contributed by atoms with Crippen molar-refractivity contribution in [2.24, 2.45) is 0 Å². The molecule has 0 aliphatic rings. The minimum atomic E-state index is -0.883. The number of rotatable bonds is 6. The first-order valence-corrected chi connectivity index (χ1v) is 7.83. The van der Waals surface area contributed by atoms with Crippen LogP contribution in [0, 0.1) is 0 Å².